The molecule has 0 aromatic carbocycles. The van der Waals surface area contributed by atoms with Crippen molar-refractivity contribution in [2.24, 2.45) is 5.16 Å². The van der Waals surface area contributed by atoms with Crippen LogP contribution >= 0.6 is 11.8 Å². The van der Waals surface area contributed by atoms with Crippen LogP contribution in [0.3, 0.4) is 0 Å². The van der Waals surface area contributed by atoms with Crippen molar-refractivity contribution in [3.63, 3.8) is 0 Å². The van der Waals surface area contributed by atoms with Crippen molar-refractivity contribution < 1.29 is 57.3 Å². The Morgan fingerprint density at radius 1 is 0.824 bits per heavy atom. The number of aldehydes is 1. The zero-order chi connectivity index (χ0) is 25.8. The SMILES string of the molecule is CC(=O)OC[C@H]1O[C@@H](S/C(CCC=O)=N/OC(C)=O)[C@H](OC(C)=O)[C@@H](OC(C)=O)[C@@H]1OC(C)=O. The maximum atomic E-state index is 11.8. The summed E-state index contributed by atoms with van der Waals surface area (Å²) in [5.74, 6) is -3.66. The molecule has 1 heterocycles. The Kier molecular flexibility index (Phi) is 12.2. The Morgan fingerprint density at radius 3 is 1.88 bits per heavy atom. The van der Waals surface area contributed by atoms with E-state index < -0.39 is 59.7 Å². The van der Waals surface area contributed by atoms with Gasteiger partial charge in [0.05, 0.1) is 0 Å². The fourth-order valence-electron chi connectivity index (χ4n) is 2.84. The highest BCUT2D eigenvalue weighted by Gasteiger charge is 2.52. The number of hydrogen-bond acceptors (Lipinski definition) is 14. The van der Waals surface area contributed by atoms with E-state index in [4.69, 9.17) is 23.7 Å². The Bertz CT molecular complexity index is 813. The van der Waals surface area contributed by atoms with Crippen LogP contribution in [0, 0.1) is 0 Å². The molecule has 1 aliphatic heterocycles. The quantitative estimate of drug-likeness (QED) is 0.0772. The third-order valence-electron chi connectivity index (χ3n) is 3.95. The third kappa shape index (κ3) is 10.3. The van der Waals surface area contributed by atoms with Gasteiger partial charge in [0.1, 0.15) is 29.5 Å². The van der Waals surface area contributed by atoms with E-state index in [9.17, 15) is 28.8 Å². The van der Waals surface area contributed by atoms with Crippen LogP contribution in [0.1, 0.15) is 47.5 Å². The summed E-state index contributed by atoms with van der Waals surface area (Å²) in [6.07, 6.45) is -4.40. The normalized spacial score (nSPS) is 24.4. The molecule has 190 valence electrons. The smallest absolute Gasteiger partial charge is 0.332 e. The molecule has 1 fully saturated rings. The zero-order valence-electron chi connectivity index (χ0n) is 19.3. The van der Waals surface area contributed by atoms with Crippen LogP contribution in [0.15, 0.2) is 5.16 Å². The summed E-state index contributed by atoms with van der Waals surface area (Å²) in [6.45, 7) is 5.22. The zero-order valence-corrected chi connectivity index (χ0v) is 20.2. The summed E-state index contributed by atoms with van der Waals surface area (Å²) in [7, 11) is 0. The second kappa shape index (κ2) is 14.3. The molecule has 0 aliphatic carbocycles. The van der Waals surface area contributed by atoms with Crippen LogP contribution in [0.5, 0.6) is 0 Å². The van der Waals surface area contributed by atoms with Crippen LogP contribution < -0.4 is 0 Å². The van der Waals surface area contributed by atoms with Gasteiger partial charge in [-0.15, -0.1) is 0 Å². The van der Waals surface area contributed by atoms with Gasteiger partial charge in [0.25, 0.3) is 0 Å². The maximum Gasteiger partial charge on any atom is 0.332 e. The summed E-state index contributed by atoms with van der Waals surface area (Å²) in [5.41, 5.74) is -1.15. The van der Waals surface area contributed by atoms with Crippen molar-refractivity contribution in [3.05, 3.63) is 0 Å². The van der Waals surface area contributed by atoms with E-state index in [0.29, 0.717) is 6.29 Å². The number of hydrogen-bond donors (Lipinski definition) is 0. The third-order valence-corrected chi connectivity index (χ3v) is 5.11. The first-order chi connectivity index (χ1) is 15.9. The predicted octanol–water partition coefficient (Wildman–Crippen LogP) is 0.658. The van der Waals surface area contributed by atoms with Gasteiger partial charge in [-0.25, -0.2) is 4.79 Å². The first-order valence-electron chi connectivity index (χ1n) is 10.1. The lowest BCUT2D eigenvalue weighted by Crippen LogP contribution is -2.61. The molecule has 0 N–H and O–H groups in total. The van der Waals surface area contributed by atoms with Crippen LogP contribution in [0.4, 0.5) is 0 Å². The molecule has 0 saturated carbocycles. The summed E-state index contributed by atoms with van der Waals surface area (Å²) in [5, 5.41) is 3.82. The van der Waals surface area contributed by atoms with Gasteiger partial charge in [-0.3, -0.25) is 19.2 Å². The Hall–Kier alpha value is -3.00. The van der Waals surface area contributed by atoms with Crippen LogP contribution in [0.2, 0.25) is 0 Å². The van der Waals surface area contributed by atoms with Crippen LogP contribution in [0.25, 0.3) is 0 Å². The molecule has 34 heavy (non-hydrogen) atoms. The molecule has 0 radical (unpaired) electrons. The minimum Gasteiger partial charge on any atom is -0.463 e. The molecule has 0 aromatic heterocycles. The van der Waals surface area contributed by atoms with Crippen molar-refractivity contribution >= 4 is 52.9 Å². The average Bonchev–Trinajstić information content (AvgIpc) is 2.71. The standard InChI is InChI=1S/C20H27NO12S/c1-10(23)28-9-15-17(29-11(2)24)18(30-12(3)25)19(31-13(4)26)20(32-15)34-16(7-6-8-22)21-33-14(5)27/h8,15,17-20H,6-7,9H2,1-5H3/b21-16+/t15-,17-,18+,19-,20+/m1/s1. The van der Waals surface area contributed by atoms with Crippen molar-refractivity contribution in [2.45, 2.75) is 77.3 Å². The predicted molar refractivity (Wildman–Crippen MR) is 114 cm³/mol. The van der Waals surface area contributed by atoms with E-state index in [1.165, 1.54) is 0 Å². The van der Waals surface area contributed by atoms with Gasteiger partial charge in [0.2, 0.25) is 0 Å². The van der Waals surface area contributed by atoms with Gasteiger partial charge in [0, 0.05) is 47.5 Å². The lowest BCUT2D eigenvalue weighted by Gasteiger charge is -2.44. The van der Waals surface area contributed by atoms with Crippen molar-refractivity contribution in [3.8, 4) is 0 Å². The number of carbonyl (C=O) groups is 6. The number of rotatable bonds is 10. The van der Waals surface area contributed by atoms with Crippen molar-refractivity contribution in [1.29, 1.82) is 0 Å². The van der Waals surface area contributed by atoms with Gasteiger partial charge in [-0.2, -0.15) is 0 Å². The Balaban J connectivity index is 3.43. The minimum atomic E-state index is -1.35. The largest absolute Gasteiger partial charge is 0.463 e. The monoisotopic (exact) mass is 505 g/mol. The number of carbonyl (C=O) groups excluding carboxylic acids is 6. The number of ether oxygens (including phenoxy) is 5. The molecule has 0 spiro atoms. The topological polar surface area (TPSA) is 170 Å². The number of thioether (sulfide) groups is 1. The van der Waals surface area contributed by atoms with Crippen LogP contribution in [-0.4, -0.2) is 77.6 Å². The van der Waals surface area contributed by atoms with E-state index in [0.717, 1.165) is 46.4 Å². The Morgan fingerprint density at radius 2 is 1.38 bits per heavy atom. The number of oxime groups is 1. The fourth-order valence-corrected chi connectivity index (χ4v) is 3.97. The lowest BCUT2D eigenvalue weighted by atomic mass is 9.99. The van der Waals surface area contributed by atoms with E-state index in [1.807, 2.05) is 0 Å². The fraction of sp³-hybridized carbons (Fsp3) is 0.650. The second-order valence-electron chi connectivity index (χ2n) is 6.96. The number of esters is 4. The van der Waals surface area contributed by atoms with Gasteiger partial charge < -0.3 is 33.3 Å². The van der Waals surface area contributed by atoms with Crippen molar-refractivity contribution in [2.75, 3.05) is 6.61 Å². The van der Waals surface area contributed by atoms with E-state index in [-0.39, 0.29) is 24.5 Å². The van der Waals surface area contributed by atoms with Gasteiger partial charge in [-0.05, 0) is 0 Å². The van der Waals surface area contributed by atoms with E-state index in [2.05, 4.69) is 9.99 Å². The number of nitrogens with zero attached hydrogens (tertiary/aromatic N) is 1. The molecule has 0 bridgehead atoms. The summed E-state index contributed by atoms with van der Waals surface area (Å²) < 4.78 is 26.9. The molecule has 1 aliphatic rings. The molecule has 0 amide bonds. The highest BCUT2D eigenvalue weighted by Crippen LogP contribution is 2.35. The maximum absolute atomic E-state index is 11.8. The molecular weight excluding hydrogens is 478 g/mol. The first-order valence-corrected chi connectivity index (χ1v) is 11.0. The van der Waals surface area contributed by atoms with E-state index in [1.54, 1.807) is 0 Å². The van der Waals surface area contributed by atoms with Crippen LogP contribution in [-0.2, 0) is 57.3 Å². The highest BCUT2D eigenvalue weighted by molar-refractivity contribution is 8.14. The summed E-state index contributed by atoms with van der Waals surface area (Å²) >= 11 is 0.830. The van der Waals surface area contributed by atoms with Crippen molar-refractivity contribution in [1.82, 2.24) is 0 Å². The summed E-state index contributed by atoms with van der Waals surface area (Å²) in [6, 6.07) is 0. The van der Waals surface area contributed by atoms with Gasteiger partial charge in [0.15, 0.2) is 18.3 Å². The molecule has 1 rings (SSSR count). The molecule has 0 unspecified atom stereocenters. The molecule has 1 saturated heterocycles. The van der Waals surface area contributed by atoms with Gasteiger partial charge in [-0.1, -0.05) is 16.9 Å². The molecule has 13 nitrogen and oxygen atoms in total. The lowest BCUT2D eigenvalue weighted by molar-refractivity contribution is -0.237. The molecule has 5 atom stereocenters. The Labute approximate surface area is 199 Å². The van der Waals surface area contributed by atoms with E-state index >= 15 is 0 Å². The molecular formula is C20H27NO12S. The molecule has 0 aromatic rings. The molecule has 14 heteroatoms. The van der Waals surface area contributed by atoms with Gasteiger partial charge >= 0.3 is 29.8 Å². The average molecular weight is 505 g/mol. The highest BCUT2D eigenvalue weighted by atomic mass is 32.2. The minimum absolute atomic E-state index is 0.0262. The second-order valence-corrected chi connectivity index (χ2v) is 8.13. The summed E-state index contributed by atoms with van der Waals surface area (Å²) in [4.78, 5) is 73.5. The first kappa shape index (κ1) is 29.0.